The van der Waals surface area contributed by atoms with Crippen molar-refractivity contribution in [2.45, 2.75) is 25.0 Å². The lowest BCUT2D eigenvalue weighted by Gasteiger charge is -2.31. The number of amides is 1. The van der Waals surface area contributed by atoms with Crippen LogP contribution in [0.4, 0.5) is 11.4 Å². The van der Waals surface area contributed by atoms with Gasteiger partial charge in [-0.3, -0.25) is 4.79 Å². The number of sulfone groups is 1. The summed E-state index contributed by atoms with van der Waals surface area (Å²) in [6.07, 6.45) is 2.76. The zero-order chi connectivity index (χ0) is 14.2. The number of anilines is 2. The molecule has 1 aliphatic rings. The van der Waals surface area contributed by atoms with Crippen LogP contribution in [0, 0.1) is 0 Å². The molecule has 104 valence electrons. The summed E-state index contributed by atoms with van der Waals surface area (Å²) in [6.45, 7) is 1.98. The molecule has 1 aliphatic heterocycles. The minimum absolute atomic E-state index is 0.367. The van der Waals surface area contributed by atoms with Gasteiger partial charge in [0.25, 0.3) is 0 Å². The molecule has 0 fully saturated rings. The van der Waals surface area contributed by atoms with Crippen LogP contribution >= 0.6 is 0 Å². The van der Waals surface area contributed by atoms with E-state index >= 15 is 0 Å². The van der Waals surface area contributed by atoms with Crippen LogP contribution < -0.4 is 10.6 Å². The molecule has 1 aromatic carbocycles. The molecule has 1 amide bonds. The van der Waals surface area contributed by atoms with Crippen LogP contribution in [0.15, 0.2) is 18.2 Å². The second-order valence-electron chi connectivity index (χ2n) is 4.95. The zero-order valence-electron chi connectivity index (χ0n) is 11.1. The molecule has 0 saturated heterocycles. The standard InChI is InChI=1S/C13H18N2O3S/c1-9(19(2,17)18)13(16)15-7-3-4-10-8-11(14)5-6-12(10)15/h5-6,8-9H,3-4,7,14H2,1-2H3. The highest BCUT2D eigenvalue weighted by Crippen LogP contribution is 2.29. The Morgan fingerprint density at radius 1 is 1.42 bits per heavy atom. The van der Waals surface area contributed by atoms with Crippen molar-refractivity contribution in [1.82, 2.24) is 0 Å². The Labute approximate surface area is 113 Å². The van der Waals surface area contributed by atoms with Gasteiger partial charge in [-0.15, -0.1) is 0 Å². The molecule has 1 atom stereocenters. The smallest absolute Gasteiger partial charge is 0.245 e. The lowest BCUT2D eigenvalue weighted by Crippen LogP contribution is -2.43. The van der Waals surface area contributed by atoms with Crippen molar-refractivity contribution in [3.8, 4) is 0 Å². The molecule has 5 nitrogen and oxygen atoms in total. The van der Waals surface area contributed by atoms with Crippen molar-refractivity contribution in [3.05, 3.63) is 23.8 Å². The second-order valence-corrected chi connectivity index (χ2v) is 7.32. The zero-order valence-corrected chi connectivity index (χ0v) is 11.9. The van der Waals surface area contributed by atoms with Gasteiger partial charge in [-0.1, -0.05) is 0 Å². The van der Waals surface area contributed by atoms with Crippen LogP contribution in [-0.2, 0) is 21.1 Å². The molecule has 0 aliphatic carbocycles. The third-order valence-electron chi connectivity index (χ3n) is 3.48. The molecule has 0 aromatic heterocycles. The third kappa shape index (κ3) is 2.73. The van der Waals surface area contributed by atoms with E-state index in [-0.39, 0.29) is 5.91 Å². The van der Waals surface area contributed by atoms with Gasteiger partial charge in [-0.2, -0.15) is 0 Å². The van der Waals surface area contributed by atoms with Crippen LogP contribution in [0.3, 0.4) is 0 Å². The van der Waals surface area contributed by atoms with Crippen molar-refractivity contribution < 1.29 is 13.2 Å². The van der Waals surface area contributed by atoms with Crippen LogP contribution in [0.5, 0.6) is 0 Å². The summed E-state index contributed by atoms with van der Waals surface area (Å²) in [6, 6.07) is 5.37. The first-order valence-electron chi connectivity index (χ1n) is 6.19. The van der Waals surface area contributed by atoms with Crippen molar-refractivity contribution in [1.29, 1.82) is 0 Å². The number of rotatable bonds is 2. The molecular formula is C13H18N2O3S. The molecule has 0 radical (unpaired) electrons. The van der Waals surface area contributed by atoms with E-state index in [4.69, 9.17) is 5.73 Å². The van der Waals surface area contributed by atoms with Crippen molar-refractivity contribution in [3.63, 3.8) is 0 Å². The predicted octanol–water partition coefficient (Wildman–Crippen LogP) is 0.981. The Kier molecular flexibility index (Phi) is 3.54. The van der Waals surface area contributed by atoms with Gasteiger partial charge in [0.05, 0.1) is 0 Å². The molecule has 0 spiro atoms. The normalized spacial score (nSPS) is 16.8. The number of carbonyl (C=O) groups excluding carboxylic acids is 1. The molecule has 2 rings (SSSR count). The van der Waals surface area contributed by atoms with E-state index in [1.165, 1.54) is 6.92 Å². The number of hydrogen-bond acceptors (Lipinski definition) is 4. The van der Waals surface area contributed by atoms with E-state index in [2.05, 4.69) is 0 Å². The lowest BCUT2D eigenvalue weighted by molar-refractivity contribution is -0.118. The number of nitrogen functional groups attached to an aromatic ring is 1. The van der Waals surface area contributed by atoms with E-state index in [1.807, 2.05) is 6.07 Å². The third-order valence-corrected chi connectivity index (χ3v) is 4.96. The Morgan fingerprint density at radius 2 is 2.11 bits per heavy atom. The molecule has 19 heavy (non-hydrogen) atoms. The average molecular weight is 282 g/mol. The maximum absolute atomic E-state index is 12.3. The highest BCUT2D eigenvalue weighted by Gasteiger charge is 2.31. The molecular weight excluding hydrogens is 264 g/mol. The number of carbonyl (C=O) groups is 1. The molecule has 0 saturated carbocycles. The van der Waals surface area contributed by atoms with Crippen LogP contribution in [0.25, 0.3) is 0 Å². The van der Waals surface area contributed by atoms with E-state index in [1.54, 1.807) is 17.0 Å². The second kappa shape index (κ2) is 4.85. The van der Waals surface area contributed by atoms with E-state index < -0.39 is 15.1 Å². The highest BCUT2D eigenvalue weighted by atomic mass is 32.2. The molecule has 6 heteroatoms. The summed E-state index contributed by atoms with van der Waals surface area (Å²) in [5.74, 6) is -0.367. The van der Waals surface area contributed by atoms with Gasteiger partial charge >= 0.3 is 0 Å². The minimum Gasteiger partial charge on any atom is -0.399 e. The number of hydrogen-bond donors (Lipinski definition) is 1. The topological polar surface area (TPSA) is 80.5 Å². The average Bonchev–Trinajstić information content (AvgIpc) is 2.34. The first-order chi connectivity index (χ1) is 8.80. The molecule has 1 aromatic rings. The van der Waals surface area contributed by atoms with Gasteiger partial charge in [-0.05, 0) is 43.5 Å². The fraction of sp³-hybridized carbons (Fsp3) is 0.462. The Balaban J connectivity index is 2.37. The minimum atomic E-state index is -3.38. The number of aryl methyl sites for hydroxylation is 1. The monoisotopic (exact) mass is 282 g/mol. The Hall–Kier alpha value is -1.56. The van der Waals surface area contributed by atoms with E-state index in [9.17, 15) is 13.2 Å². The van der Waals surface area contributed by atoms with Crippen molar-refractivity contribution >= 4 is 27.1 Å². The van der Waals surface area contributed by atoms with E-state index in [0.29, 0.717) is 12.2 Å². The first-order valence-corrected chi connectivity index (χ1v) is 8.15. The Morgan fingerprint density at radius 3 is 2.74 bits per heavy atom. The summed E-state index contributed by atoms with van der Waals surface area (Å²) in [4.78, 5) is 13.9. The van der Waals surface area contributed by atoms with Gasteiger partial charge in [0, 0.05) is 24.2 Å². The van der Waals surface area contributed by atoms with Crippen LogP contribution in [0.1, 0.15) is 18.9 Å². The molecule has 1 unspecified atom stereocenters. The number of fused-ring (bicyclic) bond motifs is 1. The summed E-state index contributed by atoms with van der Waals surface area (Å²) in [5.41, 5.74) is 8.17. The van der Waals surface area contributed by atoms with Gasteiger partial charge in [0.1, 0.15) is 5.25 Å². The quantitative estimate of drug-likeness (QED) is 0.820. The Bertz CT molecular complexity index is 610. The number of benzene rings is 1. The van der Waals surface area contributed by atoms with E-state index in [0.717, 1.165) is 30.3 Å². The summed E-state index contributed by atoms with van der Waals surface area (Å²) >= 11 is 0. The lowest BCUT2D eigenvalue weighted by atomic mass is 10.0. The summed E-state index contributed by atoms with van der Waals surface area (Å²) in [5, 5.41) is -1.02. The summed E-state index contributed by atoms with van der Waals surface area (Å²) < 4.78 is 23.0. The fourth-order valence-electron chi connectivity index (χ4n) is 2.25. The van der Waals surface area contributed by atoms with Gasteiger partial charge in [0.15, 0.2) is 9.84 Å². The highest BCUT2D eigenvalue weighted by molar-refractivity contribution is 7.92. The SMILES string of the molecule is CC(C(=O)N1CCCc2cc(N)ccc21)S(C)(=O)=O. The number of nitrogens with zero attached hydrogens (tertiary/aromatic N) is 1. The van der Waals surface area contributed by atoms with Crippen molar-refractivity contribution in [2.24, 2.45) is 0 Å². The summed E-state index contributed by atoms with van der Waals surface area (Å²) in [7, 11) is -3.38. The molecule has 0 bridgehead atoms. The van der Waals surface area contributed by atoms with Crippen LogP contribution in [-0.4, -0.2) is 32.4 Å². The molecule has 1 heterocycles. The van der Waals surface area contributed by atoms with Crippen molar-refractivity contribution in [2.75, 3.05) is 23.4 Å². The maximum atomic E-state index is 12.3. The van der Waals surface area contributed by atoms with Gasteiger partial charge < -0.3 is 10.6 Å². The van der Waals surface area contributed by atoms with Gasteiger partial charge in [0.2, 0.25) is 5.91 Å². The largest absolute Gasteiger partial charge is 0.399 e. The fourth-order valence-corrected chi connectivity index (χ4v) is 2.74. The first kappa shape index (κ1) is 13.9. The number of nitrogens with two attached hydrogens (primary N) is 1. The molecule has 2 N–H and O–H groups in total. The van der Waals surface area contributed by atoms with Gasteiger partial charge in [-0.25, -0.2) is 8.42 Å². The predicted molar refractivity (Wildman–Crippen MR) is 75.8 cm³/mol. The maximum Gasteiger partial charge on any atom is 0.245 e. The van der Waals surface area contributed by atoms with Crippen LogP contribution in [0.2, 0.25) is 0 Å².